The number of methoxy groups -OCH3 is 1. The number of likely N-dealkylation sites (N-methyl/N-ethyl adjacent to an activating group) is 1. The standard InChI is InChI=1S/C22H19ClN2O3S/c1-25-20(18-8-5-11-29-18)19(14-6-3-4-7-15(14)22(25)27)21(26)24-13-9-10-17(28-2)16(23)12-13/h3-12,19-20H,1-2H3,(H,24,26)/t19-,20-/m1/s1. The zero-order valence-corrected chi connectivity index (χ0v) is 17.5. The smallest absolute Gasteiger partial charge is 0.254 e. The molecule has 29 heavy (non-hydrogen) atoms. The summed E-state index contributed by atoms with van der Waals surface area (Å²) in [6.07, 6.45) is 0. The molecular formula is C22H19ClN2O3S. The second kappa shape index (κ2) is 7.89. The van der Waals surface area contributed by atoms with E-state index in [1.807, 2.05) is 35.7 Å². The quantitative estimate of drug-likeness (QED) is 0.641. The molecule has 1 N–H and O–H groups in total. The molecule has 2 atom stereocenters. The van der Waals surface area contributed by atoms with Crippen LogP contribution in [0, 0.1) is 0 Å². The van der Waals surface area contributed by atoms with Crippen molar-refractivity contribution in [1.29, 1.82) is 0 Å². The highest BCUT2D eigenvalue weighted by Gasteiger charge is 2.43. The molecular weight excluding hydrogens is 408 g/mol. The molecule has 1 aliphatic rings. The van der Waals surface area contributed by atoms with Crippen molar-refractivity contribution in [2.45, 2.75) is 12.0 Å². The summed E-state index contributed by atoms with van der Waals surface area (Å²) in [5, 5.41) is 5.32. The summed E-state index contributed by atoms with van der Waals surface area (Å²) in [7, 11) is 3.28. The number of benzene rings is 2. The van der Waals surface area contributed by atoms with Crippen LogP contribution in [0.2, 0.25) is 5.02 Å². The fourth-order valence-electron chi connectivity index (χ4n) is 3.74. The van der Waals surface area contributed by atoms with Gasteiger partial charge >= 0.3 is 0 Å². The molecule has 148 valence electrons. The van der Waals surface area contributed by atoms with Crippen LogP contribution in [0.4, 0.5) is 5.69 Å². The molecule has 1 aromatic heterocycles. The third kappa shape index (κ3) is 3.50. The second-order valence-electron chi connectivity index (χ2n) is 6.78. The van der Waals surface area contributed by atoms with Crippen LogP contribution in [-0.4, -0.2) is 30.9 Å². The van der Waals surface area contributed by atoms with Crippen LogP contribution in [-0.2, 0) is 4.79 Å². The van der Waals surface area contributed by atoms with Crippen molar-refractivity contribution in [1.82, 2.24) is 4.90 Å². The van der Waals surface area contributed by atoms with Crippen LogP contribution in [0.25, 0.3) is 0 Å². The number of anilines is 1. The number of fused-ring (bicyclic) bond motifs is 1. The maximum absolute atomic E-state index is 13.4. The lowest BCUT2D eigenvalue weighted by Gasteiger charge is -2.39. The first-order chi connectivity index (χ1) is 14.0. The largest absolute Gasteiger partial charge is 0.495 e. The fraction of sp³-hybridized carbons (Fsp3) is 0.182. The number of carbonyl (C=O) groups excluding carboxylic acids is 2. The Labute approximate surface area is 177 Å². The minimum Gasteiger partial charge on any atom is -0.495 e. The molecule has 2 heterocycles. The van der Waals surface area contributed by atoms with Crippen molar-refractivity contribution in [3.63, 3.8) is 0 Å². The number of ether oxygens (including phenoxy) is 1. The third-order valence-electron chi connectivity index (χ3n) is 5.12. The first kappa shape index (κ1) is 19.5. The first-order valence-electron chi connectivity index (χ1n) is 9.05. The van der Waals surface area contributed by atoms with Gasteiger partial charge in [-0.15, -0.1) is 11.3 Å². The predicted octanol–water partition coefficient (Wildman–Crippen LogP) is 4.96. The lowest BCUT2D eigenvalue weighted by atomic mass is 9.81. The van der Waals surface area contributed by atoms with Crippen molar-refractivity contribution < 1.29 is 14.3 Å². The van der Waals surface area contributed by atoms with Gasteiger partial charge in [0.25, 0.3) is 5.91 Å². The minimum absolute atomic E-state index is 0.0875. The van der Waals surface area contributed by atoms with Gasteiger partial charge < -0.3 is 15.0 Å². The molecule has 3 aromatic rings. The molecule has 0 fully saturated rings. The van der Waals surface area contributed by atoms with Crippen LogP contribution in [0.3, 0.4) is 0 Å². The molecule has 1 aliphatic heterocycles. The summed E-state index contributed by atoms with van der Waals surface area (Å²) in [6, 6.07) is 15.9. The van der Waals surface area contributed by atoms with Gasteiger partial charge in [0.05, 0.1) is 24.1 Å². The van der Waals surface area contributed by atoms with Gasteiger partial charge in [-0.05, 0) is 41.3 Å². The monoisotopic (exact) mass is 426 g/mol. The molecule has 2 aromatic carbocycles. The van der Waals surface area contributed by atoms with E-state index in [2.05, 4.69) is 5.32 Å². The van der Waals surface area contributed by atoms with Gasteiger partial charge in [-0.3, -0.25) is 9.59 Å². The minimum atomic E-state index is -0.548. The molecule has 0 saturated heterocycles. The van der Waals surface area contributed by atoms with Gasteiger partial charge in [0.2, 0.25) is 5.91 Å². The molecule has 0 radical (unpaired) electrons. The number of halogens is 1. The van der Waals surface area contributed by atoms with E-state index in [-0.39, 0.29) is 17.9 Å². The Morgan fingerprint density at radius 1 is 1.17 bits per heavy atom. The van der Waals surface area contributed by atoms with Crippen LogP contribution in [0.5, 0.6) is 5.75 Å². The van der Waals surface area contributed by atoms with Crippen molar-refractivity contribution in [3.8, 4) is 5.75 Å². The fourth-order valence-corrected chi connectivity index (χ4v) is 4.90. The SMILES string of the molecule is COc1ccc(NC(=O)[C@@H]2c3ccccc3C(=O)N(C)[C@@H]2c2cccs2)cc1Cl. The molecule has 0 saturated carbocycles. The molecule has 0 spiro atoms. The van der Waals surface area contributed by atoms with Crippen molar-refractivity contribution >= 4 is 40.4 Å². The number of hydrogen-bond acceptors (Lipinski definition) is 4. The zero-order valence-electron chi connectivity index (χ0n) is 15.9. The maximum Gasteiger partial charge on any atom is 0.254 e. The van der Waals surface area contributed by atoms with Gasteiger partial charge in [0.1, 0.15) is 5.75 Å². The number of thiophene rings is 1. The summed E-state index contributed by atoms with van der Waals surface area (Å²) in [5.41, 5.74) is 1.85. The molecule has 2 amide bonds. The van der Waals surface area contributed by atoms with E-state index in [0.717, 1.165) is 10.4 Å². The molecule has 0 unspecified atom stereocenters. The molecule has 5 nitrogen and oxygen atoms in total. The number of rotatable bonds is 4. The van der Waals surface area contributed by atoms with Gasteiger partial charge in [0, 0.05) is 23.2 Å². The Bertz CT molecular complexity index is 1070. The Kier molecular flexibility index (Phi) is 5.30. The topological polar surface area (TPSA) is 58.6 Å². The zero-order chi connectivity index (χ0) is 20.5. The highest BCUT2D eigenvalue weighted by atomic mass is 35.5. The first-order valence-corrected chi connectivity index (χ1v) is 10.3. The summed E-state index contributed by atoms with van der Waals surface area (Å²) >= 11 is 7.74. The number of nitrogens with one attached hydrogen (secondary N) is 1. The van der Waals surface area contributed by atoms with Gasteiger partial charge in [0.15, 0.2) is 0 Å². The Morgan fingerprint density at radius 2 is 1.97 bits per heavy atom. The van der Waals surface area contributed by atoms with Crippen molar-refractivity contribution in [2.24, 2.45) is 0 Å². The highest BCUT2D eigenvalue weighted by molar-refractivity contribution is 7.10. The van der Waals surface area contributed by atoms with E-state index in [4.69, 9.17) is 16.3 Å². The van der Waals surface area contributed by atoms with Crippen molar-refractivity contribution in [3.05, 3.63) is 81.0 Å². The highest BCUT2D eigenvalue weighted by Crippen LogP contribution is 2.44. The van der Waals surface area contributed by atoms with E-state index in [1.165, 1.54) is 18.4 Å². The number of hydrogen-bond donors (Lipinski definition) is 1. The van der Waals surface area contributed by atoms with Gasteiger partial charge in [-0.1, -0.05) is 35.9 Å². The third-order valence-corrected chi connectivity index (χ3v) is 6.35. The van der Waals surface area contributed by atoms with Gasteiger partial charge in [-0.2, -0.15) is 0 Å². The van der Waals surface area contributed by atoms with E-state index in [1.54, 1.807) is 36.2 Å². The lowest BCUT2D eigenvalue weighted by Crippen LogP contribution is -2.43. The number of amides is 2. The van der Waals surface area contributed by atoms with E-state index >= 15 is 0 Å². The van der Waals surface area contributed by atoms with Crippen molar-refractivity contribution in [2.75, 3.05) is 19.5 Å². The average Bonchev–Trinajstić information content (AvgIpc) is 3.25. The summed E-state index contributed by atoms with van der Waals surface area (Å²) in [6.45, 7) is 0. The van der Waals surface area contributed by atoms with Crippen LogP contribution >= 0.6 is 22.9 Å². The average molecular weight is 427 g/mol. The normalized spacial score (nSPS) is 18.3. The van der Waals surface area contributed by atoms with E-state index in [9.17, 15) is 9.59 Å². The summed E-state index contributed by atoms with van der Waals surface area (Å²) in [5.74, 6) is -0.296. The second-order valence-corrected chi connectivity index (χ2v) is 8.17. The predicted molar refractivity (Wildman–Crippen MR) is 115 cm³/mol. The van der Waals surface area contributed by atoms with E-state index in [0.29, 0.717) is 22.0 Å². The Morgan fingerprint density at radius 3 is 2.66 bits per heavy atom. The summed E-state index contributed by atoms with van der Waals surface area (Å²) < 4.78 is 5.17. The summed E-state index contributed by atoms with van der Waals surface area (Å²) in [4.78, 5) is 29.0. The van der Waals surface area contributed by atoms with Gasteiger partial charge in [-0.25, -0.2) is 0 Å². The molecule has 0 bridgehead atoms. The number of carbonyl (C=O) groups is 2. The molecule has 7 heteroatoms. The van der Waals surface area contributed by atoms with Crippen LogP contribution in [0.1, 0.15) is 32.8 Å². The maximum atomic E-state index is 13.4. The van der Waals surface area contributed by atoms with E-state index < -0.39 is 5.92 Å². The number of nitrogens with zero attached hydrogens (tertiary/aromatic N) is 1. The van der Waals surface area contributed by atoms with Crippen LogP contribution < -0.4 is 10.1 Å². The Hall–Kier alpha value is -2.83. The lowest BCUT2D eigenvalue weighted by molar-refractivity contribution is -0.119. The molecule has 0 aliphatic carbocycles. The Balaban J connectivity index is 1.75. The molecule has 4 rings (SSSR count). The van der Waals surface area contributed by atoms with Crippen LogP contribution in [0.15, 0.2) is 60.0 Å².